The zero-order valence-corrected chi connectivity index (χ0v) is 11.2. The molecule has 7 heteroatoms. The van der Waals surface area contributed by atoms with Gasteiger partial charge in [-0.3, -0.25) is 0 Å². The monoisotopic (exact) mass is 266 g/mol. The summed E-state index contributed by atoms with van der Waals surface area (Å²) >= 11 is 4.64. The number of hydrogen-bond acceptors (Lipinski definition) is 4. The van der Waals surface area contributed by atoms with Crippen molar-refractivity contribution in [3.05, 3.63) is 0 Å². The van der Waals surface area contributed by atoms with E-state index in [2.05, 4.69) is 12.2 Å². The minimum Gasteiger partial charge on any atom is -0.392 e. The summed E-state index contributed by atoms with van der Waals surface area (Å²) in [5.74, 6) is -0.262. The van der Waals surface area contributed by atoms with E-state index in [9.17, 15) is 8.42 Å². The topological polar surface area (TPSA) is 72.6 Å². The predicted molar refractivity (Wildman–Crippen MR) is 66.8 cm³/mol. The maximum Gasteiger partial charge on any atom is 0.220 e. The molecule has 0 aromatic rings. The van der Waals surface area contributed by atoms with Gasteiger partial charge in [0.25, 0.3) is 0 Å². The number of methoxy groups -OCH3 is 1. The van der Waals surface area contributed by atoms with Crippen LogP contribution in [-0.4, -0.2) is 49.3 Å². The lowest BCUT2D eigenvalue weighted by Crippen LogP contribution is -2.51. The molecular formula is C9H18N2O3S2. The Balaban J connectivity index is 2.78. The summed E-state index contributed by atoms with van der Waals surface area (Å²) in [5, 5.41) is 0. The molecule has 0 bridgehead atoms. The van der Waals surface area contributed by atoms with E-state index < -0.39 is 15.6 Å². The summed E-state index contributed by atoms with van der Waals surface area (Å²) < 4.78 is 30.6. The second kappa shape index (κ2) is 4.95. The third-order valence-corrected chi connectivity index (χ3v) is 4.94. The summed E-state index contributed by atoms with van der Waals surface area (Å²) in [6.07, 6.45) is 1.66. The second-order valence-electron chi connectivity index (χ2n) is 4.31. The smallest absolute Gasteiger partial charge is 0.220 e. The Morgan fingerprint density at radius 1 is 1.62 bits per heavy atom. The molecule has 1 heterocycles. The fourth-order valence-electron chi connectivity index (χ4n) is 1.84. The average Bonchev–Trinajstić information content (AvgIpc) is 2.16. The van der Waals surface area contributed by atoms with Gasteiger partial charge in [-0.15, -0.1) is 0 Å². The van der Waals surface area contributed by atoms with Crippen LogP contribution in [0.15, 0.2) is 0 Å². The van der Waals surface area contributed by atoms with E-state index in [1.807, 2.05) is 6.92 Å². The Labute approximate surface area is 102 Å². The Hall–Kier alpha value is -0.240. The quantitative estimate of drug-likeness (QED) is 0.731. The molecule has 0 radical (unpaired) electrons. The van der Waals surface area contributed by atoms with E-state index in [-0.39, 0.29) is 10.7 Å². The molecule has 1 unspecified atom stereocenters. The van der Waals surface area contributed by atoms with Gasteiger partial charge >= 0.3 is 0 Å². The molecule has 1 aliphatic heterocycles. The number of nitrogens with zero attached hydrogens (tertiary/aromatic N) is 1. The summed E-state index contributed by atoms with van der Waals surface area (Å²) in [6, 6.07) is 0. The first-order valence-corrected chi connectivity index (χ1v) is 7.12. The first-order chi connectivity index (χ1) is 7.29. The molecule has 0 aromatic carbocycles. The molecule has 16 heavy (non-hydrogen) atoms. The van der Waals surface area contributed by atoms with E-state index in [0.29, 0.717) is 13.1 Å². The Bertz CT molecular complexity index is 369. The molecule has 1 rings (SSSR count). The van der Waals surface area contributed by atoms with Crippen molar-refractivity contribution in [1.29, 1.82) is 0 Å². The molecule has 0 spiro atoms. The molecule has 5 nitrogen and oxygen atoms in total. The first-order valence-electron chi connectivity index (χ1n) is 5.10. The molecule has 1 aliphatic rings. The number of piperidine rings is 1. The van der Waals surface area contributed by atoms with Gasteiger partial charge in [0.15, 0.2) is 0 Å². The minimum absolute atomic E-state index is 0.00435. The van der Waals surface area contributed by atoms with Crippen LogP contribution in [0, 0.1) is 0 Å². The lowest BCUT2D eigenvalue weighted by atomic mass is 9.96. The van der Waals surface area contributed by atoms with Crippen LogP contribution in [0.1, 0.15) is 19.8 Å². The Morgan fingerprint density at radius 2 is 2.25 bits per heavy atom. The number of sulfonamides is 1. The normalized spacial score (nSPS) is 27.9. The van der Waals surface area contributed by atoms with Crippen LogP contribution in [0.3, 0.4) is 0 Å². The van der Waals surface area contributed by atoms with E-state index >= 15 is 0 Å². The Morgan fingerprint density at radius 3 is 2.75 bits per heavy atom. The number of thiocarbonyl (C=S) groups is 1. The minimum atomic E-state index is -3.38. The van der Waals surface area contributed by atoms with Crippen molar-refractivity contribution in [2.75, 3.05) is 26.0 Å². The van der Waals surface area contributed by atoms with Crippen LogP contribution in [0.5, 0.6) is 0 Å². The third-order valence-electron chi connectivity index (χ3n) is 2.83. The molecule has 1 saturated heterocycles. The number of rotatable bonds is 4. The maximum absolute atomic E-state index is 11.9. The molecule has 2 N–H and O–H groups in total. The highest BCUT2D eigenvalue weighted by molar-refractivity contribution is 7.92. The standard InChI is InChI=1S/C9H18N2O3S2/c1-9(14-2)4-3-5-11(7-9)16(12,13)6-8(10)15/h3-7H2,1-2H3,(H2,10,15). The highest BCUT2D eigenvalue weighted by Crippen LogP contribution is 2.25. The highest BCUT2D eigenvalue weighted by atomic mass is 32.2. The predicted octanol–water partition coefficient (Wildman–Crippen LogP) is 0.103. The van der Waals surface area contributed by atoms with Crippen molar-refractivity contribution in [3.63, 3.8) is 0 Å². The van der Waals surface area contributed by atoms with E-state index in [1.54, 1.807) is 7.11 Å². The van der Waals surface area contributed by atoms with Crippen LogP contribution < -0.4 is 5.73 Å². The zero-order valence-electron chi connectivity index (χ0n) is 9.60. The van der Waals surface area contributed by atoms with Crippen LogP contribution in [-0.2, 0) is 14.8 Å². The van der Waals surface area contributed by atoms with Crippen LogP contribution in [0.2, 0.25) is 0 Å². The van der Waals surface area contributed by atoms with Crippen molar-refractivity contribution >= 4 is 27.2 Å². The van der Waals surface area contributed by atoms with E-state index in [0.717, 1.165) is 12.8 Å². The average molecular weight is 266 g/mol. The van der Waals surface area contributed by atoms with E-state index in [1.165, 1.54) is 4.31 Å². The summed E-state index contributed by atoms with van der Waals surface area (Å²) in [7, 11) is -1.78. The molecule has 94 valence electrons. The lowest BCUT2D eigenvalue weighted by molar-refractivity contribution is -0.0318. The van der Waals surface area contributed by atoms with Crippen molar-refractivity contribution in [1.82, 2.24) is 4.31 Å². The molecule has 1 atom stereocenters. The van der Waals surface area contributed by atoms with Gasteiger partial charge in [0.1, 0.15) is 5.75 Å². The van der Waals surface area contributed by atoms with E-state index in [4.69, 9.17) is 10.5 Å². The molecule has 0 aromatic heterocycles. The van der Waals surface area contributed by atoms with Crippen LogP contribution >= 0.6 is 12.2 Å². The van der Waals surface area contributed by atoms with Gasteiger partial charge in [0, 0.05) is 20.2 Å². The van der Waals surface area contributed by atoms with Gasteiger partial charge in [-0.25, -0.2) is 8.42 Å². The van der Waals surface area contributed by atoms with Crippen LogP contribution in [0.25, 0.3) is 0 Å². The maximum atomic E-state index is 11.9. The summed E-state index contributed by atoms with van der Waals surface area (Å²) in [6.45, 7) is 2.80. The largest absolute Gasteiger partial charge is 0.392 e. The highest BCUT2D eigenvalue weighted by Gasteiger charge is 2.36. The van der Waals surface area contributed by atoms with Crippen LogP contribution in [0.4, 0.5) is 0 Å². The van der Waals surface area contributed by atoms with Crippen molar-refractivity contribution in [2.24, 2.45) is 5.73 Å². The number of nitrogens with two attached hydrogens (primary N) is 1. The van der Waals surface area contributed by atoms with Gasteiger partial charge in [0.05, 0.1) is 10.6 Å². The van der Waals surface area contributed by atoms with Crippen molar-refractivity contribution in [2.45, 2.75) is 25.4 Å². The van der Waals surface area contributed by atoms with Gasteiger partial charge in [-0.1, -0.05) is 12.2 Å². The molecular weight excluding hydrogens is 248 g/mol. The van der Waals surface area contributed by atoms with Crippen molar-refractivity contribution in [3.8, 4) is 0 Å². The molecule has 0 aliphatic carbocycles. The fourth-order valence-corrected chi connectivity index (χ4v) is 3.70. The van der Waals surface area contributed by atoms with Gasteiger partial charge in [-0.05, 0) is 19.8 Å². The molecule has 1 fully saturated rings. The fraction of sp³-hybridized carbons (Fsp3) is 0.889. The van der Waals surface area contributed by atoms with Gasteiger partial charge < -0.3 is 10.5 Å². The number of hydrogen-bond donors (Lipinski definition) is 1. The van der Waals surface area contributed by atoms with Gasteiger partial charge in [0.2, 0.25) is 10.0 Å². The SMILES string of the molecule is COC1(C)CCCN(S(=O)(=O)CC(N)=S)C1. The third kappa shape index (κ3) is 3.38. The first kappa shape index (κ1) is 13.8. The Kier molecular flexibility index (Phi) is 4.28. The van der Waals surface area contributed by atoms with Crippen molar-refractivity contribution < 1.29 is 13.2 Å². The lowest BCUT2D eigenvalue weighted by Gasteiger charge is -2.38. The molecule has 0 amide bonds. The second-order valence-corrected chi connectivity index (χ2v) is 6.81. The summed E-state index contributed by atoms with van der Waals surface area (Å²) in [4.78, 5) is 0.00435. The number of ether oxygens (including phenoxy) is 1. The van der Waals surface area contributed by atoms with Gasteiger partial charge in [-0.2, -0.15) is 4.31 Å². The molecule has 0 saturated carbocycles. The zero-order chi connectivity index (χ0) is 12.4. The summed E-state index contributed by atoms with van der Waals surface area (Å²) in [5.41, 5.74) is 4.88.